The van der Waals surface area contributed by atoms with Crippen molar-refractivity contribution in [1.29, 1.82) is 0 Å². The van der Waals surface area contributed by atoms with E-state index in [0.717, 1.165) is 5.56 Å². The van der Waals surface area contributed by atoms with Crippen molar-refractivity contribution < 1.29 is 33.0 Å². The van der Waals surface area contributed by atoms with Gasteiger partial charge in [0.15, 0.2) is 23.7 Å². The van der Waals surface area contributed by atoms with E-state index >= 15 is 0 Å². The maximum atomic E-state index is 13.4. The molecular weight excluding hydrogens is 544 g/mol. The van der Waals surface area contributed by atoms with Gasteiger partial charge in [-0.1, -0.05) is 24.3 Å². The summed E-state index contributed by atoms with van der Waals surface area (Å²) in [5.41, 5.74) is 2.05. The molecule has 3 aromatic carbocycles. The van der Waals surface area contributed by atoms with Gasteiger partial charge in [0.25, 0.3) is 11.8 Å². The van der Waals surface area contributed by atoms with Gasteiger partial charge in [-0.15, -0.1) is 0 Å². The average molecular weight is 573 g/mol. The van der Waals surface area contributed by atoms with Gasteiger partial charge < -0.3 is 34.2 Å². The monoisotopic (exact) mass is 572 g/mol. The van der Waals surface area contributed by atoms with Crippen LogP contribution in [0.1, 0.15) is 15.9 Å². The zero-order valence-corrected chi connectivity index (χ0v) is 22.7. The molecule has 216 valence electrons. The molecule has 0 saturated carbocycles. The molecule has 0 spiro atoms. The number of hydrogen-bond donors (Lipinski definition) is 2. The number of fused-ring (bicyclic) bond motifs is 8. The van der Waals surface area contributed by atoms with E-state index in [4.69, 9.17) is 18.6 Å². The summed E-state index contributed by atoms with van der Waals surface area (Å²) in [4.78, 5) is 53.2. The minimum atomic E-state index is -0.622. The van der Waals surface area contributed by atoms with Crippen LogP contribution in [0.15, 0.2) is 75.9 Å². The molecule has 12 heteroatoms. The fourth-order valence-electron chi connectivity index (χ4n) is 5.07. The Kier molecular flexibility index (Phi) is 7.26. The van der Waals surface area contributed by atoms with Crippen LogP contribution in [0.4, 0.5) is 0 Å². The van der Waals surface area contributed by atoms with Crippen LogP contribution in [0.25, 0.3) is 11.1 Å². The highest BCUT2D eigenvalue weighted by Crippen LogP contribution is 2.29. The van der Waals surface area contributed by atoms with E-state index in [2.05, 4.69) is 10.6 Å². The zero-order chi connectivity index (χ0) is 29.2. The first-order chi connectivity index (χ1) is 20.4. The molecule has 42 heavy (non-hydrogen) atoms. The zero-order valence-electron chi connectivity index (χ0n) is 22.7. The number of aromatic nitrogens is 1. The van der Waals surface area contributed by atoms with E-state index in [1.54, 1.807) is 53.4 Å². The Bertz CT molecular complexity index is 1710. The van der Waals surface area contributed by atoms with E-state index in [0.29, 0.717) is 22.6 Å². The van der Waals surface area contributed by atoms with Gasteiger partial charge in [0, 0.05) is 18.7 Å². The fourth-order valence-corrected chi connectivity index (χ4v) is 5.07. The SMILES string of the molecule is COc1ccc2cc1OCC(=O)NCc1ccc(cc1)O[C@H]1CN(C(=O)Cn3c(=O)oc4ccccc43)C[C@@H]1NC2=O. The lowest BCUT2D eigenvalue weighted by Crippen LogP contribution is -2.45. The van der Waals surface area contributed by atoms with Crippen molar-refractivity contribution >= 4 is 28.8 Å². The molecule has 0 radical (unpaired) electrons. The summed E-state index contributed by atoms with van der Waals surface area (Å²) in [6, 6.07) is 18.2. The number of likely N-dealkylation sites (tertiary alicyclic amines) is 1. The predicted octanol–water partition coefficient (Wildman–Crippen LogP) is 1.70. The summed E-state index contributed by atoms with van der Waals surface area (Å²) in [7, 11) is 1.47. The summed E-state index contributed by atoms with van der Waals surface area (Å²) in [6.45, 7) is 0.150. The highest BCUT2D eigenvalue weighted by atomic mass is 16.5. The number of oxazole rings is 1. The number of nitrogens with zero attached hydrogens (tertiary/aromatic N) is 2. The van der Waals surface area contributed by atoms with Gasteiger partial charge in [-0.3, -0.25) is 19.0 Å². The van der Waals surface area contributed by atoms with Crippen LogP contribution >= 0.6 is 0 Å². The van der Waals surface area contributed by atoms with Crippen molar-refractivity contribution in [2.24, 2.45) is 0 Å². The van der Waals surface area contributed by atoms with Gasteiger partial charge in [0.1, 0.15) is 18.4 Å². The van der Waals surface area contributed by atoms with Gasteiger partial charge in [0.05, 0.1) is 25.2 Å². The van der Waals surface area contributed by atoms with Gasteiger partial charge in [-0.2, -0.15) is 0 Å². The quantitative estimate of drug-likeness (QED) is 0.378. The molecular formula is C30H28N4O8. The molecule has 0 aliphatic carbocycles. The standard InChI is InChI=1S/C30H28N4O8/c1-39-24-11-8-19-12-25(24)40-17-27(35)31-13-18-6-9-20(10-7-18)41-26-15-33(14-21(26)32-29(19)37)28(36)16-34-22-4-2-3-5-23(22)42-30(34)38/h2-12,21,26H,13-17H2,1H3,(H,31,35)(H,32,37)/t21-,26-/m0/s1. The second kappa shape index (κ2) is 11.3. The third-order valence-corrected chi connectivity index (χ3v) is 7.29. The summed E-state index contributed by atoms with van der Waals surface area (Å²) in [5, 5.41) is 5.78. The van der Waals surface area contributed by atoms with E-state index < -0.39 is 23.8 Å². The maximum Gasteiger partial charge on any atom is 0.420 e. The van der Waals surface area contributed by atoms with Crippen LogP contribution in [0.5, 0.6) is 17.2 Å². The Labute approximate surface area is 239 Å². The molecule has 7 rings (SSSR count). The molecule has 4 heterocycles. The molecule has 0 unspecified atom stereocenters. The number of para-hydroxylation sites is 2. The fraction of sp³-hybridized carbons (Fsp3) is 0.267. The highest BCUT2D eigenvalue weighted by Gasteiger charge is 2.38. The Morgan fingerprint density at radius 1 is 1.02 bits per heavy atom. The number of ether oxygens (including phenoxy) is 3. The normalized spacial score (nSPS) is 18.8. The second-order valence-corrected chi connectivity index (χ2v) is 10.0. The molecule has 1 aromatic heterocycles. The summed E-state index contributed by atoms with van der Waals surface area (Å²) in [6.07, 6.45) is -0.578. The molecule has 4 bridgehead atoms. The van der Waals surface area contributed by atoms with Crippen LogP contribution in [-0.4, -0.2) is 66.1 Å². The number of nitrogens with one attached hydrogen (secondary N) is 2. The lowest BCUT2D eigenvalue weighted by atomic mass is 10.1. The van der Waals surface area contributed by atoms with Crippen molar-refractivity contribution in [3.05, 3.63) is 88.4 Å². The van der Waals surface area contributed by atoms with Crippen molar-refractivity contribution in [2.75, 3.05) is 26.8 Å². The van der Waals surface area contributed by atoms with E-state index in [-0.39, 0.29) is 55.9 Å². The number of rotatable bonds is 3. The first-order valence-electron chi connectivity index (χ1n) is 13.4. The van der Waals surface area contributed by atoms with Crippen molar-refractivity contribution in [3.63, 3.8) is 0 Å². The van der Waals surface area contributed by atoms with Crippen molar-refractivity contribution in [3.8, 4) is 17.2 Å². The molecule has 3 amide bonds. The van der Waals surface area contributed by atoms with Crippen LogP contribution in [-0.2, 0) is 22.7 Å². The van der Waals surface area contributed by atoms with E-state index in [1.165, 1.54) is 17.7 Å². The number of carbonyl (C=O) groups excluding carboxylic acids is 3. The molecule has 12 nitrogen and oxygen atoms in total. The summed E-state index contributed by atoms with van der Waals surface area (Å²) < 4.78 is 23.8. The molecule has 2 N–H and O–H groups in total. The molecule has 4 aromatic rings. The van der Waals surface area contributed by atoms with Gasteiger partial charge in [-0.25, -0.2) is 4.79 Å². The first-order valence-corrected chi connectivity index (χ1v) is 13.4. The molecule has 3 aliphatic heterocycles. The lowest BCUT2D eigenvalue weighted by Gasteiger charge is -2.21. The van der Waals surface area contributed by atoms with Crippen LogP contribution in [0.2, 0.25) is 0 Å². The van der Waals surface area contributed by atoms with Gasteiger partial charge in [-0.05, 0) is 48.0 Å². The largest absolute Gasteiger partial charge is 0.493 e. The van der Waals surface area contributed by atoms with Crippen molar-refractivity contribution in [1.82, 2.24) is 20.1 Å². The minimum absolute atomic E-state index is 0.162. The van der Waals surface area contributed by atoms with Gasteiger partial charge >= 0.3 is 5.76 Å². The number of hydrogen-bond acceptors (Lipinski definition) is 8. The molecule has 2 atom stereocenters. The molecule has 1 saturated heterocycles. The van der Waals surface area contributed by atoms with Crippen LogP contribution in [0, 0.1) is 0 Å². The second-order valence-electron chi connectivity index (χ2n) is 10.0. The van der Waals surface area contributed by atoms with Crippen LogP contribution in [0.3, 0.4) is 0 Å². The number of methoxy groups -OCH3 is 1. The molecule has 1 fully saturated rings. The smallest absolute Gasteiger partial charge is 0.420 e. The Morgan fingerprint density at radius 3 is 2.64 bits per heavy atom. The van der Waals surface area contributed by atoms with E-state index in [9.17, 15) is 19.2 Å². The third kappa shape index (κ3) is 5.51. The number of amides is 3. The van der Waals surface area contributed by atoms with Crippen molar-refractivity contribution in [2.45, 2.75) is 25.2 Å². The Hall–Kier alpha value is -5.26. The topological polar surface area (TPSA) is 141 Å². The number of benzene rings is 3. The third-order valence-electron chi connectivity index (χ3n) is 7.29. The Morgan fingerprint density at radius 2 is 1.83 bits per heavy atom. The Balaban J connectivity index is 1.28. The average Bonchev–Trinajstić information content (AvgIpc) is 3.54. The molecule has 3 aliphatic rings. The maximum absolute atomic E-state index is 13.4. The van der Waals surface area contributed by atoms with E-state index in [1.807, 2.05) is 12.1 Å². The first kappa shape index (κ1) is 26.9. The summed E-state index contributed by atoms with van der Waals surface area (Å²) >= 11 is 0. The summed E-state index contributed by atoms with van der Waals surface area (Å²) in [5.74, 6) is -0.542. The van der Waals surface area contributed by atoms with Crippen LogP contribution < -0.4 is 30.6 Å². The van der Waals surface area contributed by atoms with Gasteiger partial charge in [0.2, 0.25) is 5.91 Å². The number of carbonyl (C=O) groups is 3. The highest BCUT2D eigenvalue weighted by molar-refractivity contribution is 5.95. The lowest BCUT2D eigenvalue weighted by molar-refractivity contribution is -0.131. The predicted molar refractivity (Wildman–Crippen MR) is 150 cm³/mol. The minimum Gasteiger partial charge on any atom is -0.493 e.